The summed E-state index contributed by atoms with van der Waals surface area (Å²) in [6, 6.07) is 8.39. The number of aliphatic carboxylic acids is 1. The molecule has 6 nitrogen and oxygen atoms in total. The molecule has 0 heterocycles. The zero-order valence-electron chi connectivity index (χ0n) is 14.9. The summed E-state index contributed by atoms with van der Waals surface area (Å²) in [5.41, 5.74) is 1.60. The number of nitrogens with zero attached hydrogens (tertiary/aromatic N) is 1. The van der Waals surface area contributed by atoms with Gasteiger partial charge in [0.25, 0.3) is 5.91 Å². The van der Waals surface area contributed by atoms with E-state index in [0.717, 1.165) is 25.5 Å². The summed E-state index contributed by atoms with van der Waals surface area (Å²) in [6.45, 7) is 5.62. The summed E-state index contributed by atoms with van der Waals surface area (Å²) >= 11 is 0. The van der Waals surface area contributed by atoms with E-state index in [1.54, 1.807) is 32.0 Å². The first-order valence-corrected chi connectivity index (χ1v) is 8.38. The number of anilines is 1. The maximum absolute atomic E-state index is 12.2. The SMILES string of the molecule is CCCCc1ccc(NC(=O)/C(C#N)=C\NC(C(=O)O)C(C)C)cc1. The number of unbranched alkanes of at least 4 members (excludes halogenated alkanes) is 1. The van der Waals surface area contributed by atoms with Crippen LogP contribution >= 0.6 is 0 Å². The second kappa shape index (κ2) is 10.1. The van der Waals surface area contributed by atoms with Crippen molar-refractivity contribution in [2.75, 3.05) is 5.32 Å². The molecule has 1 amide bonds. The van der Waals surface area contributed by atoms with Gasteiger partial charge >= 0.3 is 5.97 Å². The van der Waals surface area contributed by atoms with Gasteiger partial charge in [0.2, 0.25) is 0 Å². The Kier molecular flexibility index (Phi) is 8.21. The molecular weight excluding hydrogens is 318 g/mol. The minimum Gasteiger partial charge on any atom is -0.480 e. The van der Waals surface area contributed by atoms with Gasteiger partial charge in [-0.2, -0.15) is 5.26 Å². The summed E-state index contributed by atoms with van der Waals surface area (Å²) < 4.78 is 0. The Morgan fingerprint density at radius 2 is 1.92 bits per heavy atom. The fraction of sp³-hybridized carbons (Fsp3) is 0.421. The highest BCUT2D eigenvalue weighted by atomic mass is 16.4. The molecule has 0 aliphatic rings. The Labute approximate surface area is 148 Å². The lowest BCUT2D eigenvalue weighted by Crippen LogP contribution is -2.38. The molecule has 6 heteroatoms. The van der Waals surface area contributed by atoms with Crippen LogP contribution in [0, 0.1) is 17.2 Å². The van der Waals surface area contributed by atoms with E-state index in [2.05, 4.69) is 17.6 Å². The van der Waals surface area contributed by atoms with Gasteiger partial charge in [-0.15, -0.1) is 0 Å². The third-order valence-corrected chi connectivity index (χ3v) is 3.74. The summed E-state index contributed by atoms with van der Waals surface area (Å²) in [7, 11) is 0. The minimum absolute atomic E-state index is 0.179. The molecule has 0 aliphatic heterocycles. The molecule has 25 heavy (non-hydrogen) atoms. The van der Waals surface area contributed by atoms with Gasteiger partial charge in [0.1, 0.15) is 17.7 Å². The largest absolute Gasteiger partial charge is 0.480 e. The molecular formula is C19H25N3O3. The number of rotatable bonds is 9. The standard InChI is InChI=1S/C19H25N3O3/c1-4-5-6-14-7-9-16(10-8-14)22-18(23)15(11-20)12-21-17(13(2)3)19(24)25/h7-10,12-13,17,21H,4-6H2,1-3H3,(H,22,23)(H,24,25)/b15-12-. The van der Waals surface area contributed by atoms with E-state index in [1.807, 2.05) is 12.1 Å². The number of nitriles is 1. The van der Waals surface area contributed by atoms with Crippen LogP contribution in [0.5, 0.6) is 0 Å². The molecule has 1 atom stereocenters. The zero-order chi connectivity index (χ0) is 18.8. The molecule has 0 fully saturated rings. The van der Waals surface area contributed by atoms with Crippen molar-refractivity contribution in [2.45, 2.75) is 46.1 Å². The number of amides is 1. The molecule has 1 rings (SSSR count). The zero-order valence-corrected chi connectivity index (χ0v) is 14.9. The maximum atomic E-state index is 12.2. The first kappa shape index (κ1) is 20.2. The van der Waals surface area contributed by atoms with Crippen LogP contribution in [0.1, 0.15) is 39.2 Å². The molecule has 0 bridgehead atoms. The van der Waals surface area contributed by atoms with Gasteiger partial charge in [-0.05, 0) is 36.5 Å². The monoisotopic (exact) mass is 343 g/mol. The average Bonchev–Trinajstić information content (AvgIpc) is 2.57. The minimum atomic E-state index is -1.04. The number of hydrogen-bond donors (Lipinski definition) is 3. The predicted octanol–water partition coefficient (Wildman–Crippen LogP) is 3.07. The van der Waals surface area contributed by atoms with E-state index in [-0.39, 0.29) is 11.5 Å². The van der Waals surface area contributed by atoms with E-state index in [4.69, 9.17) is 10.4 Å². The van der Waals surface area contributed by atoms with Crippen LogP contribution in [0.25, 0.3) is 0 Å². The van der Waals surface area contributed by atoms with Crippen LogP contribution < -0.4 is 10.6 Å². The van der Waals surface area contributed by atoms with Crippen LogP contribution in [-0.4, -0.2) is 23.0 Å². The van der Waals surface area contributed by atoms with Crippen LogP contribution in [0.3, 0.4) is 0 Å². The molecule has 0 spiro atoms. The highest BCUT2D eigenvalue weighted by Gasteiger charge is 2.20. The highest BCUT2D eigenvalue weighted by Crippen LogP contribution is 2.13. The summed E-state index contributed by atoms with van der Waals surface area (Å²) in [4.78, 5) is 23.3. The van der Waals surface area contributed by atoms with Crippen molar-refractivity contribution < 1.29 is 14.7 Å². The summed E-state index contributed by atoms with van der Waals surface area (Å²) in [5, 5.41) is 23.5. The Bertz CT molecular complexity index is 657. The van der Waals surface area contributed by atoms with Crippen molar-refractivity contribution in [3.63, 3.8) is 0 Å². The summed E-state index contributed by atoms with van der Waals surface area (Å²) in [6.07, 6.45) is 4.38. The van der Waals surface area contributed by atoms with Crippen LogP contribution in [0.4, 0.5) is 5.69 Å². The number of aryl methyl sites for hydroxylation is 1. The molecule has 0 saturated heterocycles. The maximum Gasteiger partial charge on any atom is 0.326 e. The topological polar surface area (TPSA) is 102 Å². The number of carboxylic acids is 1. The number of hydrogen-bond acceptors (Lipinski definition) is 4. The van der Waals surface area contributed by atoms with Gasteiger partial charge in [-0.1, -0.05) is 39.3 Å². The van der Waals surface area contributed by atoms with Gasteiger partial charge in [0.15, 0.2) is 0 Å². The van der Waals surface area contributed by atoms with Crippen molar-refractivity contribution in [3.05, 3.63) is 41.6 Å². The second-order valence-electron chi connectivity index (χ2n) is 6.15. The number of carbonyl (C=O) groups is 2. The van der Waals surface area contributed by atoms with Crippen LogP contribution in [-0.2, 0) is 16.0 Å². The number of benzene rings is 1. The lowest BCUT2D eigenvalue weighted by Gasteiger charge is -2.16. The van der Waals surface area contributed by atoms with E-state index in [1.165, 1.54) is 5.56 Å². The number of carbonyl (C=O) groups excluding carboxylic acids is 1. The van der Waals surface area contributed by atoms with Gasteiger partial charge in [0.05, 0.1) is 0 Å². The van der Waals surface area contributed by atoms with Gasteiger partial charge in [-0.3, -0.25) is 4.79 Å². The number of carboxylic acid groups (broad SMARTS) is 1. The highest BCUT2D eigenvalue weighted by molar-refractivity contribution is 6.06. The molecule has 0 aromatic heterocycles. The fourth-order valence-corrected chi connectivity index (χ4v) is 2.20. The van der Waals surface area contributed by atoms with Crippen LogP contribution in [0.15, 0.2) is 36.0 Å². The molecule has 0 radical (unpaired) electrons. The molecule has 0 aliphatic carbocycles. The smallest absolute Gasteiger partial charge is 0.326 e. The Morgan fingerprint density at radius 1 is 1.28 bits per heavy atom. The molecule has 1 unspecified atom stereocenters. The molecule has 0 saturated carbocycles. The van der Waals surface area contributed by atoms with Gasteiger partial charge in [0, 0.05) is 11.9 Å². The van der Waals surface area contributed by atoms with Crippen molar-refractivity contribution in [1.29, 1.82) is 5.26 Å². The first-order valence-electron chi connectivity index (χ1n) is 8.38. The van der Waals surface area contributed by atoms with E-state index in [9.17, 15) is 9.59 Å². The summed E-state index contributed by atoms with van der Waals surface area (Å²) in [5.74, 6) is -1.80. The van der Waals surface area contributed by atoms with Gasteiger partial charge in [-0.25, -0.2) is 4.79 Å². The normalized spacial score (nSPS) is 12.4. The van der Waals surface area contributed by atoms with Crippen molar-refractivity contribution in [1.82, 2.24) is 5.32 Å². The Hall–Kier alpha value is -2.81. The van der Waals surface area contributed by atoms with E-state index < -0.39 is 17.9 Å². The molecule has 1 aromatic rings. The second-order valence-corrected chi connectivity index (χ2v) is 6.15. The quantitative estimate of drug-likeness (QED) is 0.472. The van der Waals surface area contributed by atoms with Crippen molar-refractivity contribution in [3.8, 4) is 6.07 Å². The lowest BCUT2D eigenvalue weighted by molar-refractivity contribution is -0.140. The molecule has 134 valence electrons. The lowest BCUT2D eigenvalue weighted by atomic mass is 10.1. The van der Waals surface area contributed by atoms with Crippen molar-refractivity contribution >= 4 is 17.6 Å². The average molecular weight is 343 g/mol. The Morgan fingerprint density at radius 3 is 2.40 bits per heavy atom. The number of nitrogens with one attached hydrogen (secondary N) is 2. The first-order chi connectivity index (χ1) is 11.9. The third-order valence-electron chi connectivity index (χ3n) is 3.74. The third kappa shape index (κ3) is 6.68. The predicted molar refractivity (Wildman–Crippen MR) is 96.8 cm³/mol. The Balaban J connectivity index is 2.74. The van der Waals surface area contributed by atoms with E-state index in [0.29, 0.717) is 5.69 Å². The molecule has 1 aromatic carbocycles. The van der Waals surface area contributed by atoms with Crippen molar-refractivity contribution in [2.24, 2.45) is 5.92 Å². The van der Waals surface area contributed by atoms with E-state index >= 15 is 0 Å². The fourth-order valence-electron chi connectivity index (χ4n) is 2.20. The molecule has 3 N–H and O–H groups in total. The van der Waals surface area contributed by atoms with Gasteiger partial charge < -0.3 is 15.7 Å². The van der Waals surface area contributed by atoms with Crippen LogP contribution in [0.2, 0.25) is 0 Å².